The van der Waals surface area contributed by atoms with Crippen molar-refractivity contribution in [3.63, 3.8) is 0 Å². The van der Waals surface area contributed by atoms with E-state index in [1.807, 2.05) is 59.4 Å². The van der Waals surface area contributed by atoms with Gasteiger partial charge in [-0.2, -0.15) is 5.10 Å². The van der Waals surface area contributed by atoms with Gasteiger partial charge in [-0.1, -0.05) is 35.9 Å². The Balaban J connectivity index is 1.39. The fourth-order valence-electron chi connectivity index (χ4n) is 3.41. The van der Waals surface area contributed by atoms with E-state index in [0.29, 0.717) is 31.1 Å². The number of para-hydroxylation sites is 2. The number of rotatable bonds is 6. The number of ether oxygens (including phenoxy) is 1. The van der Waals surface area contributed by atoms with Crippen molar-refractivity contribution in [3.8, 4) is 5.69 Å². The monoisotopic (exact) mass is 410 g/mol. The van der Waals surface area contributed by atoms with E-state index < -0.39 is 0 Å². The second-order valence-corrected chi connectivity index (χ2v) is 7.32. The third kappa shape index (κ3) is 4.78. The Morgan fingerprint density at radius 1 is 1.10 bits per heavy atom. The molecule has 2 aromatic carbocycles. The zero-order valence-electron chi connectivity index (χ0n) is 16.1. The number of halogens is 1. The number of hydrogen-bond acceptors (Lipinski definition) is 4. The summed E-state index contributed by atoms with van der Waals surface area (Å²) >= 11 is 6.44. The molecule has 6 nitrogen and oxygen atoms in total. The van der Waals surface area contributed by atoms with Gasteiger partial charge in [-0.25, -0.2) is 4.68 Å². The molecule has 2 heterocycles. The molecule has 0 saturated carbocycles. The highest BCUT2D eigenvalue weighted by atomic mass is 35.5. The van der Waals surface area contributed by atoms with Crippen LogP contribution >= 0.6 is 11.6 Å². The maximum Gasteiger partial charge on any atom is 0.224 e. The van der Waals surface area contributed by atoms with E-state index in [2.05, 4.69) is 15.3 Å². The minimum atomic E-state index is -0.0470. The van der Waals surface area contributed by atoms with Gasteiger partial charge in [0.25, 0.3) is 0 Å². The Kier molecular flexibility index (Phi) is 6.12. The van der Waals surface area contributed by atoms with E-state index >= 15 is 0 Å². The molecule has 0 unspecified atom stereocenters. The number of nitrogens with zero attached hydrogens (tertiary/aromatic N) is 3. The molecule has 1 N–H and O–H groups in total. The van der Waals surface area contributed by atoms with Crippen LogP contribution in [0.15, 0.2) is 60.9 Å². The first-order valence-corrected chi connectivity index (χ1v) is 10.1. The number of carbonyl (C=O) groups is 1. The lowest BCUT2D eigenvalue weighted by atomic mass is 10.1. The third-order valence-corrected chi connectivity index (χ3v) is 5.19. The van der Waals surface area contributed by atoms with Gasteiger partial charge < -0.3 is 15.0 Å². The van der Waals surface area contributed by atoms with Gasteiger partial charge in [-0.05, 0) is 36.2 Å². The van der Waals surface area contributed by atoms with E-state index in [4.69, 9.17) is 16.3 Å². The van der Waals surface area contributed by atoms with Crippen LogP contribution in [0.3, 0.4) is 0 Å². The van der Waals surface area contributed by atoms with Gasteiger partial charge in [0.15, 0.2) is 0 Å². The molecule has 7 heteroatoms. The Bertz CT molecular complexity index is 968. The Hall–Kier alpha value is -2.83. The average Bonchev–Trinajstić information content (AvgIpc) is 3.23. The summed E-state index contributed by atoms with van der Waals surface area (Å²) in [5.74, 6) is -0.0470. The standard InChI is InChI=1S/C22H23ClN4O2/c23-19-7-4-8-20(22(19)26-11-13-29-14-12-26)25-21(28)10-9-17-15-24-27(16-17)18-5-2-1-3-6-18/h1-8,15-16H,9-14H2,(H,25,28). The number of aryl methyl sites for hydroxylation is 1. The quantitative estimate of drug-likeness (QED) is 0.668. The van der Waals surface area contributed by atoms with Crippen molar-refractivity contribution < 1.29 is 9.53 Å². The van der Waals surface area contributed by atoms with E-state index in [0.717, 1.165) is 35.7 Å². The molecule has 1 fully saturated rings. The van der Waals surface area contributed by atoms with Gasteiger partial charge in [0.1, 0.15) is 0 Å². The van der Waals surface area contributed by atoms with Crippen LogP contribution in [0.1, 0.15) is 12.0 Å². The van der Waals surface area contributed by atoms with Crippen LogP contribution in [0, 0.1) is 0 Å². The molecule has 1 aliphatic heterocycles. The summed E-state index contributed by atoms with van der Waals surface area (Å²) in [6.07, 6.45) is 4.75. The van der Waals surface area contributed by atoms with Gasteiger partial charge in [-0.15, -0.1) is 0 Å². The Labute approximate surface area is 175 Å². The molecule has 29 heavy (non-hydrogen) atoms. The van der Waals surface area contributed by atoms with Crippen LogP contribution in [-0.2, 0) is 16.0 Å². The third-order valence-electron chi connectivity index (χ3n) is 4.89. The molecule has 0 atom stereocenters. The van der Waals surface area contributed by atoms with E-state index in [-0.39, 0.29) is 5.91 Å². The minimum absolute atomic E-state index is 0.0470. The number of carbonyl (C=O) groups excluding carboxylic acids is 1. The summed E-state index contributed by atoms with van der Waals surface area (Å²) in [4.78, 5) is 14.7. The first-order valence-electron chi connectivity index (χ1n) is 9.71. The average molecular weight is 411 g/mol. The lowest BCUT2D eigenvalue weighted by Crippen LogP contribution is -2.37. The smallest absolute Gasteiger partial charge is 0.224 e. The van der Waals surface area contributed by atoms with Crippen LogP contribution in [0.4, 0.5) is 11.4 Å². The van der Waals surface area contributed by atoms with Gasteiger partial charge >= 0.3 is 0 Å². The van der Waals surface area contributed by atoms with Crippen molar-refractivity contribution in [2.75, 3.05) is 36.5 Å². The predicted molar refractivity (Wildman–Crippen MR) is 115 cm³/mol. The first kappa shape index (κ1) is 19.5. The summed E-state index contributed by atoms with van der Waals surface area (Å²) in [5.41, 5.74) is 3.62. The molecule has 4 rings (SSSR count). The topological polar surface area (TPSA) is 59.4 Å². The van der Waals surface area contributed by atoms with Crippen molar-refractivity contribution in [3.05, 3.63) is 71.5 Å². The Morgan fingerprint density at radius 2 is 1.90 bits per heavy atom. The molecule has 0 radical (unpaired) electrons. The zero-order valence-corrected chi connectivity index (χ0v) is 16.8. The molecular weight excluding hydrogens is 388 g/mol. The van der Waals surface area contributed by atoms with E-state index in [1.165, 1.54) is 0 Å². The summed E-state index contributed by atoms with van der Waals surface area (Å²) < 4.78 is 7.24. The van der Waals surface area contributed by atoms with Crippen molar-refractivity contribution in [1.82, 2.24) is 9.78 Å². The molecule has 3 aromatic rings. The molecule has 1 amide bonds. The second kappa shape index (κ2) is 9.11. The van der Waals surface area contributed by atoms with Crippen LogP contribution < -0.4 is 10.2 Å². The predicted octanol–water partition coefficient (Wildman–Crippen LogP) is 3.93. The molecule has 150 valence electrons. The summed E-state index contributed by atoms with van der Waals surface area (Å²) in [5, 5.41) is 8.04. The minimum Gasteiger partial charge on any atom is -0.378 e. The molecule has 0 spiro atoms. The number of hydrogen-bond donors (Lipinski definition) is 1. The summed E-state index contributed by atoms with van der Waals surface area (Å²) in [6.45, 7) is 2.82. The van der Waals surface area contributed by atoms with E-state index in [1.54, 1.807) is 6.20 Å². The van der Waals surface area contributed by atoms with Crippen molar-refractivity contribution in [1.29, 1.82) is 0 Å². The normalized spacial score (nSPS) is 14.0. The first-order chi connectivity index (χ1) is 14.2. The lowest BCUT2D eigenvalue weighted by Gasteiger charge is -2.31. The Morgan fingerprint density at radius 3 is 2.69 bits per heavy atom. The van der Waals surface area contributed by atoms with Crippen LogP contribution in [0.25, 0.3) is 5.69 Å². The SMILES string of the molecule is O=C(CCc1cnn(-c2ccccc2)c1)Nc1cccc(Cl)c1N1CCOCC1. The van der Waals surface area contributed by atoms with Crippen LogP contribution in [0.2, 0.25) is 5.02 Å². The van der Waals surface area contributed by atoms with E-state index in [9.17, 15) is 4.79 Å². The molecule has 0 aliphatic carbocycles. The number of aromatic nitrogens is 2. The fourth-order valence-corrected chi connectivity index (χ4v) is 3.70. The van der Waals surface area contributed by atoms with Gasteiger partial charge in [0.05, 0.1) is 41.5 Å². The van der Waals surface area contributed by atoms with Gasteiger partial charge in [0.2, 0.25) is 5.91 Å². The van der Waals surface area contributed by atoms with Crippen molar-refractivity contribution in [2.45, 2.75) is 12.8 Å². The fraction of sp³-hybridized carbons (Fsp3) is 0.273. The van der Waals surface area contributed by atoms with Gasteiger partial charge in [-0.3, -0.25) is 4.79 Å². The summed E-state index contributed by atoms with van der Waals surface area (Å²) in [7, 11) is 0. The molecule has 1 saturated heterocycles. The number of amides is 1. The van der Waals surface area contributed by atoms with Crippen LogP contribution in [0.5, 0.6) is 0 Å². The summed E-state index contributed by atoms with van der Waals surface area (Å²) in [6, 6.07) is 15.5. The molecule has 1 aromatic heterocycles. The maximum atomic E-state index is 12.6. The number of nitrogens with one attached hydrogen (secondary N) is 1. The zero-order chi connectivity index (χ0) is 20.1. The van der Waals surface area contributed by atoms with Crippen molar-refractivity contribution >= 4 is 28.9 Å². The largest absolute Gasteiger partial charge is 0.378 e. The molecular formula is C22H23ClN4O2. The van der Waals surface area contributed by atoms with Crippen LogP contribution in [-0.4, -0.2) is 42.0 Å². The highest BCUT2D eigenvalue weighted by Crippen LogP contribution is 2.34. The lowest BCUT2D eigenvalue weighted by molar-refractivity contribution is -0.116. The molecule has 0 bridgehead atoms. The maximum absolute atomic E-state index is 12.6. The second-order valence-electron chi connectivity index (χ2n) is 6.91. The number of morpholine rings is 1. The number of benzene rings is 2. The number of anilines is 2. The van der Waals surface area contributed by atoms with Gasteiger partial charge in [0, 0.05) is 25.7 Å². The van der Waals surface area contributed by atoms with Crippen molar-refractivity contribution in [2.24, 2.45) is 0 Å². The highest BCUT2D eigenvalue weighted by Gasteiger charge is 2.19. The molecule has 1 aliphatic rings. The highest BCUT2D eigenvalue weighted by molar-refractivity contribution is 6.34.